The van der Waals surface area contributed by atoms with Crippen LogP contribution in [-0.2, 0) is 16.6 Å². The number of halogens is 3. The Balaban J connectivity index is 1.72. The first-order chi connectivity index (χ1) is 17.6. The summed E-state index contributed by atoms with van der Waals surface area (Å²) in [6, 6.07) is 13.4. The summed E-state index contributed by atoms with van der Waals surface area (Å²) in [7, 11) is -2.24. The third-order valence-corrected chi connectivity index (χ3v) is 8.13. The van der Waals surface area contributed by atoms with Crippen LogP contribution in [-0.4, -0.2) is 27.6 Å². The molecule has 1 amide bonds. The van der Waals surface area contributed by atoms with E-state index >= 15 is 0 Å². The molecule has 0 unspecified atom stereocenters. The Morgan fingerprint density at radius 2 is 1.81 bits per heavy atom. The van der Waals surface area contributed by atoms with Gasteiger partial charge in [0.1, 0.15) is 23.0 Å². The van der Waals surface area contributed by atoms with Crippen molar-refractivity contribution < 1.29 is 26.4 Å². The zero-order valence-corrected chi connectivity index (χ0v) is 22.4. The quantitative estimate of drug-likeness (QED) is 0.273. The van der Waals surface area contributed by atoms with Crippen LogP contribution in [0.1, 0.15) is 40.2 Å². The lowest BCUT2D eigenvalue weighted by Crippen LogP contribution is -2.30. The molecular weight excluding hydrogens is 566 g/mol. The van der Waals surface area contributed by atoms with E-state index in [1.165, 1.54) is 47.8 Å². The third kappa shape index (κ3) is 5.00. The molecule has 192 valence electrons. The maximum absolute atomic E-state index is 13.8. The molecule has 0 aliphatic heterocycles. The Morgan fingerprint density at radius 1 is 1.11 bits per heavy atom. The molecule has 0 atom stereocenters. The highest BCUT2D eigenvalue weighted by molar-refractivity contribution is 9.10. The number of benzene rings is 3. The fourth-order valence-corrected chi connectivity index (χ4v) is 5.75. The third-order valence-electron chi connectivity index (χ3n) is 6.39. The van der Waals surface area contributed by atoms with Crippen molar-refractivity contribution in [2.75, 3.05) is 17.6 Å². The summed E-state index contributed by atoms with van der Waals surface area (Å²) < 4.78 is 61.0. The first-order valence-electron chi connectivity index (χ1n) is 11.6. The van der Waals surface area contributed by atoms with Crippen LogP contribution in [0.5, 0.6) is 0 Å². The van der Waals surface area contributed by atoms with E-state index in [0.717, 1.165) is 24.7 Å². The van der Waals surface area contributed by atoms with Gasteiger partial charge in [0.2, 0.25) is 10.0 Å². The van der Waals surface area contributed by atoms with Gasteiger partial charge in [-0.05, 0) is 88.3 Å². The summed E-state index contributed by atoms with van der Waals surface area (Å²) in [5.41, 5.74) is 2.97. The number of amides is 1. The molecule has 6 nitrogen and oxygen atoms in total. The van der Waals surface area contributed by atoms with Crippen LogP contribution in [0.2, 0.25) is 0 Å². The van der Waals surface area contributed by atoms with E-state index in [9.17, 15) is 22.0 Å². The van der Waals surface area contributed by atoms with Crippen molar-refractivity contribution in [3.05, 3.63) is 87.4 Å². The average Bonchev–Trinajstić information content (AvgIpc) is 3.63. The number of nitrogens with zero attached hydrogens (tertiary/aromatic N) is 1. The van der Waals surface area contributed by atoms with E-state index < -0.39 is 21.7 Å². The lowest BCUT2D eigenvalue weighted by Gasteiger charge is -2.25. The Morgan fingerprint density at radius 3 is 2.41 bits per heavy atom. The van der Waals surface area contributed by atoms with Crippen LogP contribution in [0.15, 0.2) is 63.5 Å². The maximum Gasteiger partial charge on any atom is 0.255 e. The zero-order chi connectivity index (χ0) is 26.5. The molecule has 1 aromatic heterocycles. The molecule has 0 spiro atoms. The highest BCUT2D eigenvalue weighted by Gasteiger charge is 2.33. The summed E-state index contributed by atoms with van der Waals surface area (Å²) in [5, 5.41) is 3.18. The van der Waals surface area contributed by atoms with Gasteiger partial charge in [0.05, 0.1) is 28.5 Å². The Labute approximate surface area is 221 Å². The summed E-state index contributed by atoms with van der Waals surface area (Å²) in [6.45, 7) is -0.0171. The number of hydrogen-bond donors (Lipinski definition) is 1. The predicted molar refractivity (Wildman–Crippen MR) is 142 cm³/mol. The van der Waals surface area contributed by atoms with Crippen LogP contribution >= 0.6 is 15.9 Å². The second kappa shape index (κ2) is 9.57. The van der Waals surface area contributed by atoms with Crippen molar-refractivity contribution in [1.82, 2.24) is 5.32 Å². The van der Waals surface area contributed by atoms with E-state index in [-0.39, 0.29) is 28.6 Å². The summed E-state index contributed by atoms with van der Waals surface area (Å²) >= 11 is 3.16. The van der Waals surface area contributed by atoms with Crippen LogP contribution in [0.4, 0.5) is 14.5 Å². The van der Waals surface area contributed by atoms with Gasteiger partial charge < -0.3 is 9.73 Å². The minimum Gasteiger partial charge on any atom is -0.455 e. The molecule has 1 N–H and O–H groups in total. The molecule has 0 saturated heterocycles. The number of carbonyl (C=O) groups is 1. The smallest absolute Gasteiger partial charge is 0.255 e. The van der Waals surface area contributed by atoms with Gasteiger partial charge in [-0.25, -0.2) is 17.2 Å². The Kier molecular flexibility index (Phi) is 6.57. The van der Waals surface area contributed by atoms with Gasteiger partial charge in [-0.15, -0.1) is 0 Å². The lowest BCUT2D eigenvalue weighted by atomic mass is 10.00. The van der Waals surface area contributed by atoms with Crippen LogP contribution in [0.3, 0.4) is 0 Å². The summed E-state index contributed by atoms with van der Waals surface area (Å²) in [4.78, 5) is 12.9. The molecule has 1 aliphatic carbocycles. The highest BCUT2D eigenvalue weighted by atomic mass is 79.9. The molecule has 37 heavy (non-hydrogen) atoms. The summed E-state index contributed by atoms with van der Waals surface area (Å²) in [6.07, 6.45) is 2.89. The maximum atomic E-state index is 13.8. The van der Waals surface area contributed by atoms with E-state index in [4.69, 9.17) is 4.42 Å². The topological polar surface area (TPSA) is 79.6 Å². The second-order valence-electron chi connectivity index (χ2n) is 9.09. The van der Waals surface area contributed by atoms with Crippen molar-refractivity contribution in [1.29, 1.82) is 0 Å². The molecule has 1 heterocycles. The molecule has 0 radical (unpaired) electrons. The fourth-order valence-electron chi connectivity index (χ4n) is 4.43. The van der Waals surface area contributed by atoms with E-state index in [0.29, 0.717) is 33.3 Å². The molecule has 1 aliphatic rings. The van der Waals surface area contributed by atoms with Crippen molar-refractivity contribution in [3.63, 3.8) is 0 Å². The monoisotopic (exact) mass is 588 g/mol. The van der Waals surface area contributed by atoms with Crippen LogP contribution in [0.25, 0.3) is 22.3 Å². The number of sulfonamides is 1. The van der Waals surface area contributed by atoms with Crippen LogP contribution in [0, 0.1) is 11.6 Å². The molecule has 10 heteroatoms. The van der Waals surface area contributed by atoms with Crippen molar-refractivity contribution in [3.8, 4) is 11.3 Å². The summed E-state index contributed by atoms with van der Waals surface area (Å²) in [5.74, 6) is -0.841. The van der Waals surface area contributed by atoms with E-state index in [1.54, 1.807) is 12.1 Å². The largest absolute Gasteiger partial charge is 0.455 e. The minimum absolute atomic E-state index is 0.0171. The zero-order valence-electron chi connectivity index (χ0n) is 20.0. The average molecular weight is 589 g/mol. The normalized spacial score (nSPS) is 13.6. The van der Waals surface area contributed by atoms with Gasteiger partial charge in [0.25, 0.3) is 5.91 Å². The second-order valence-corrected chi connectivity index (χ2v) is 11.9. The lowest BCUT2D eigenvalue weighted by molar-refractivity contribution is 0.0964. The van der Waals surface area contributed by atoms with Crippen molar-refractivity contribution in [2.45, 2.75) is 25.3 Å². The van der Waals surface area contributed by atoms with Gasteiger partial charge in [0.15, 0.2) is 0 Å². The van der Waals surface area contributed by atoms with Crippen molar-refractivity contribution >= 4 is 48.5 Å². The molecule has 1 saturated carbocycles. The highest BCUT2D eigenvalue weighted by Crippen LogP contribution is 2.48. The van der Waals surface area contributed by atoms with E-state index in [1.807, 2.05) is 6.07 Å². The molecule has 1 fully saturated rings. The predicted octanol–water partition coefficient (Wildman–Crippen LogP) is 6.34. The number of fused-ring (bicyclic) bond motifs is 1. The minimum atomic E-state index is -3.76. The van der Waals surface area contributed by atoms with Gasteiger partial charge in [-0.3, -0.25) is 9.10 Å². The van der Waals surface area contributed by atoms with Gasteiger partial charge in [0, 0.05) is 24.1 Å². The van der Waals surface area contributed by atoms with Gasteiger partial charge >= 0.3 is 0 Å². The van der Waals surface area contributed by atoms with Crippen LogP contribution < -0.4 is 9.62 Å². The number of nitrogens with one attached hydrogen (secondary N) is 1. The Hall–Kier alpha value is -3.24. The van der Waals surface area contributed by atoms with Gasteiger partial charge in [-0.2, -0.15) is 0 Å². The van der Waals surface area contributed by atoms with Gasteiger partial charge in [-0.1, -0.05) is 6.07 Å². The first kappa shape index (κ1) is 25.4. The fraction of sp³-hybridized carbons (Fsp3) is 0.222. The number of anilines is 1. The molecular formula is C27H23BrF2N2O4S. The number of rotatable bonds is 7. The number of furan rings is 1. The molecule has 5 rings (SSSR count). The standard InChI is InChI=1S/C27H23BrF2N2O4S/c1-31-27(33)25-20-12-19(16-4-5-16)23(13-24(20)36-26(25)17-6-8-18(29)9-7-17)32(37(2,34)35)14-15-3-10-22(30)21(28)11-15/h3,6-13,16H,4-5,14H2,1-2H3,(H,31,33). The Bertz CT molecular complexity index is 1630. The SMILES string of the molecule is CNC(=O)c1c(-c2ccc(F)cc2)oc2cc(N(Cc3ccc(F)c(Br)c3)S(C)(=O)=O)c(C3CC3)cc12. The molecule has 4 aromatic rings. The first-order valence-corrected chi connectivity index (χ1v) is 14.2. The molecule has 3 aromatic carbocycles. The van der Waals surface area contributed by atoms with E-state index in [2.05, 4.69) is 21.2 Å². The molecule has 0 bridgehead atoms. The number of hydrogen-bond acceptors (Lipinski definition) is 4. The van der Waals surface area contributed by atoms with Crippen molar-refractivity contribution in [2.24, 2.45) is 0 Å². The number of carbonyl (C=O) groups excluding carboxylic acids is 1.